The van der Waals surface area contributed by atoms with Crippen LogP contribution < -0.4 is 4.74 Å². The molecule has 0 fully saturated rings. The third kappa shape index (κ3) is 3.01. The van der Waals surface area contributed by atoms with Crippen molar-refractivity contribution in [2.45, 2.75) is 39.4 Å². The smallest absolute Gasteiger partial charge is 0.254 e. The van der Waals surface area contributed by atoms with Crippen LogP contribution in [0.25, 0.3) is 5.82 Å². The minimum absolute atomic E-state index is 0.00679. The van der Waals surface area contributed by atoms with Crippen LogP contribution in [0.3, 0.4) is 0 Å². The van der Waals surface area contributed by atoms with E-state index in [4.69, 9.17) is 9.84 Å². The third-order valence-corrected chi connectivity index (χ3v) is 4.82. The highest BCUT2D eigenvalue weighted by Crippen LogP contribution is 2.32. The van der Waals surface area contributed by atoms with Gasteiger partial charge in [0, 0.05) is 23.5 Å². The maximum Gasteiger partial charge on any atom is 0.254 e. The Morgan fingerprint density at radius 1 is 1.11 bits per heavy atom. The predicted octanol–water partition coefficient (Wildman–Crippen LogP) is 3.59. The Morgan fingerprint density at radius 3 is 2.52 bits per heavy atom. The third-order valence-electron chi connectivity index (χ3n) is 4.82. The van der Waals surface area contributed by atoms with E-state index in [-0.39, 0.29) is 11.4 Å². The summed E-state index contributed by atoms with van der Waals surface area (Å²) in [5.74, 6) is 1.71. The van der Waals surface area contributed by atoms with Crippen molar-refractivity contribution in [2.75, 3.05) is 7.11 Å². The van der Waals surface area contributed by atoms with Crippen molar-refractivity contribution in [1.82, 2.24) is 19.2 Å². The lowest BCUT2D eigenvalue weighted by Gasteiger charge is -2.24. The second kappa shape index (κ2) is 6.30. The zero-order chi connectivity index (χ0) is 19.2. The summed E-state index contributed by atoms with van der Waals surface area (Å²) in [5.41, 5.74) is 2.55. The molecule has 0 bridgehead atoms. The quantitative estimate of drug-likeness (QED) is 0.714. The fourth-order valence-corrected chi connectivity index (χ4v) is 3.49. The molecule has 0 unspecified atom stereocenters. The summed E-state index contributed by atoms with van der Waals surface area (Å²) < 4.78 is 9.39. The Morgan fingerprint density at radius 2 is 1.85 bits per heavy atom. The molecule has 0 N–H and O–H groups in total. The van der Waals surface area contributed by atoms with Crippen LogP contribution in [0.5, 0.6) is 5.75 Å². The van der Waals surface area contributed by atoms with E-state index < -0.39 is 0 Å². The molecule has 0 saturated carbocycles. The highest BCUT2D eigenvalue weighted by molar-refractivity contribution is 5.95. The van der Waals surface area contributed by atoms with Crippen molar-refractivity contribution < 1.29 is 9.53 Å². The summed E-state index contributed by atoms with van der Waals surface area (Å²) in [7, 11) is 1.60. The highest BCUT2D eigenvalue weighted by Gasteiger charge is 2.34. The molecule has 0 spiro atoms. The highest BCUT2D eigenvalue weighted by atomic mass is 16.5. The topological polar surface area (TPSA) is 52.3 Å². The molecule has 1 aliphatic heterocycles. The molecule has 3 aromatic rings. The van der Waals surface area contributed by atoms with Crippen molar-refractivity contribution in [1.29, 1.82) is 0 Å². The van der Waals surface area contributed by atoms with Crippen molar-refractivity contribution in [3.05, 3.63) is 65.6 Å². The fourth-order valence-electron chi connectivity index (χ4n) is 3.49. The normalized spacial score (nSPS) is 13.7. The van der Waals surface area contributed by atoms with E-state index in [1.54, 1.807) is 13.2 Å². The first-order valence-electron chi connectivity index (χ1n) is 9.06. The molecule has 3 heterocycles. The number of rotatable bonds is 3. The van der Waals surface area contributed by atoms with Gasteiger partial charge in [0.25, 0.3) is 5.91 Å². The average molecular weight is 364 g/mol. The summed E-state index contributed by atoms with van der Waals surface area (Å²) >= 11 is 0. The Balaban J connectivity index is 1.69. The summed E-state index contributed by atoms with van der Waals surface area (Å²) in [6.45, 7) is 7.49. The monoisotopic (exact) mass is 364 g/mol. The number of fused-ring (bicyclic) bond motifs is 1. The summed E-state index contributed by atoms with van der Waals surface area (Å²) in [6, 6.07) is 11.3. The zero-order valence-corrected chi connectivity index (χ0v) is 16.1. The minimum Gasteiger partial charge on any atom is -0.497 e. The summed E-state index contributed by atoms with van der Waals surface area (Å²) in [4.78, 5) is 14.8. The molecule has 4 rings (SSSR count). The Kier molecular flexibility index (Phi) is 4.06. The minimum atomic E-state index is -0.147. The Bertz CT molecular complexity index is 980. The van der Waals surface area contributed by atoms with Gasteiger partial charge in [0.05, 0.1) is 31.4 Å². The van der Waals surface area contributed by atoms with Crippen LogP contribution in [0, 0.1) is 0 Å². The molecule has 0 saturated heterocycles. The van der Waals surface area contributed by atoms with Crippen LogP contribution in [0.15, 0.2) is 48.8 Å². The standard InChI is InChI=1S/C21H24N4O2/c1-21(2,3)25-19(23-10-5-6-11-23)17-13-24(14-18(17)22-25)20(26)15-8-7-9-16(12-15)27-4/h5-12H,13-14H2,1-4H3. The van der Waals surface area contributed by atoms with Gasteiger partial charge in [0.15, 0.2) is 0 Å². The van der Waals surface area contributed by atoms with Crippen molar-refractivity contribution in [2.24, 2.45) is 0 Å². The number of methoxy groups -OCH3 is 1. The second-order valence-corrected chi connectivity index (χ2v) is 7.81. The largest absolute Gasteiger partial charge is 0.497 e. The molecule has 140 valence electrons. The molecule has 0 aliphatic carbocycles. The molecule has 27 heavy (non-hydrogen) atoms. The zero-order valence-electron chi connectivity index (χ0n) is 16.1. The molecule has 6 heteroatoms. The van der Waals surface area contributed by atoms with E-state index in [1.807, 2.05) is 47.6 Å². The van der Waals surface area contributed by atoms with Crippen molar-refractivity contribution >= 4 is 5.91 Å². The average Bonchev–Trinajstić information content (AvgIpc) is 3.35. The maximum atomic E-state index is 13.0. The summed E-state index contributed by atoms with van der Waals surface area (Å²) in [6.07, 6.45) is 4.04. The SMILES string of the molecule is COc1cccc(C(=O)N2Cc3nn(C(C)(C)C)c(-n4cccc4)c3C2)c1. The number of aromatic nitrogens is 3. The number of carbonyl (C=O) groups is 1. The first-order chi connectivity index (χ1) is 12.9. The van der Waals surface area contributed by atoms with Gasteiger partial charge in [-0.3, -0.25) is 4.79 Å². The maximum absolute atomic E-state index is 13.0. The first kappa shape index (κ1) is 17.4. The van der Waals surface area contributed by atoms with E-state index in [2.05, 4.69) is 30.0 Å². The van der Waals surface area contributed by atoms with Crippen molar-refractivity contribution in [3.8, 4) is 11.6 Å². The van der Waals surface area contributed by atoms with Crippen LogP contribution in [-0.4, -0.2) is 32.3 Å². The van der Waals surface area contributed by atoms with Gasteiger partial charge in [-0.2, -0.15) is 5.10 Å². The lowest BCUT2D eigenvalue weighted by atomic mass is 10.1. The number of hydrogen-bond donors (Lipinski definition) is 0. The number of hydrogen-bond acceptors (Lipinski definition) is 3. The molecular formula is C21H24N4O2. The molecule has 0 radical (unpaired) electrons. The lowest BCUT2D eigenvalue weighted by molar-refractivity contribution is 0.0748. The number of amides is 1. The van der Waals surface area contributed by atoms with Crippen LogP contribution in [0.1, 0.15) is 42.4 Å². The van der Waals surface area contributed by atoms with E-state index in [0.717, 1.165) is 17.1 Å². The van der Waals surface area contributed by atoms with E-state index in [0.29, 0.717) is 24.4 Å². The van der Waals surface area contributed by atoms with Gasteiger partial charge in [-0.1, -0.05) is 6.07 Å². The Labute approximate surface area is 159 Å². The number of ether oxygens (including phenoxy) is 1. The summed E-state index contributed by atoms with van der Waals surface area (Å²) in [5, 5.41) is 4.86. The first-order valence-corrected chi connectivity index (χ1v) is 9.06. The van der Waals surface area contributed by atoms with Gasteiger partial charge in [0.1, 0.15) is 11.6 Å². The van der Waals surface area contributed by atoms with Crippen molar-refractivity contribution in [3.63, 3.8) is 0 Å². The van der Waals surface area contributed by atoms with E-state index in [9.17, 15) is 4.79 Å². The number of benzene rings is 1. The fraction of sp³-hybridized carbons (Fsp3) is 0.333. The van der Waals surface area contributed by atoms with Crippen LogP contribution in [-0.2, 0) is 18.6 Å². The number of carbonyl (C=O) groups excluding carboxylic acids is 1. The molecule has 2 aromatic heterocycles. The predicted molar refractivity (Wildman–Crippen MR) is 103 cm³/mol. The molecule has 1 amide bonds. The van der Waals surface area contributed by atoms with Gasteiger partial charge in [0.2, 0.25) is 0 Å². The van der Waals surface area contributed by atoms with Crippen LogP contribution in [0.4, 0.5) is 0 Å². The molecule has 1 aliphatic rings. The Hall–Kier alpha value is -3.02. The van der Waals surface area contributed by atoms with E-state index >= 15 is 0 Å². The van der Waals surface area contributed by atoms with Crippen LogP contribution >= 0.6 is 0 Å². The molecule has 0 atom stereocenters. The van der Waals surface area contributed by atoms with E-state index in [1.165, 1.54) is 0 Å². The molecular weight excluding hydrogens is 340 g/mol. The molecule has 1 aromatic carbocycles. The molecule has 6 nitrogen and oxygen atoms in total. The van der Waals surface area contributed by atoms with Gasteiger partial charge in [-0.15, -0.1) is 0 Å². The van der Waals surface area contributed by atoms with Crippen LogP contribution in [0.2, 0.25) is 0 Å². The van der Waals surface area contributed by atoms with Gasteiger partial charge in [-0.25, -0.2) is 4.68 Å². The second-order valence-electron chi connectivity index (χ2n) is 7.81. The lowest BCUT2D eigenvalue weighted by Crippen LogP contribution is -2.29. The number of nitrogens with zero attached hydrogens (tertiary/aromatic N) is 4. The van der Waals surface area contributed by atoms with Gasteiger partial charge in [-0.05, 0) is 51.1 Å². The van der Waals surface area contributed by atoms with Gasteiger partial charge < -0.3 is 14.2 Å². The van der Waals surface area contributed by atoms with Gasteiger partial charge >= 0.3 is 0 Å².